The Hall–Kier alpha value is -4.36. The number of nitrogens with two attached hydrogens (primary N) is 1. The lowest BCUT2D eigenvalue weighted by Gasteiger charge is -2.53. The number of primary amides is 1. The van der Waals surface area contributed by atoms with Crippen LogP contribution in [-0.2, 0) is 67.3 Å². The minimum atomic E-state index is -4.89. The molecule has 12 N–H and O–H groups in total. The number of aliphatic hydroxyl groups is 7. The van der Waals surface area contributed by atoms with Crippen LogP contribution in [0.4, 0.5) is 0 Å². The van der Waals surface area contributed by atoms with Gasteiger partial charge in [0.1, 0.15) is 41.2 Å². The van der Waals surface area contributed by atoms with Crippen LogP contribution in [0.3, 0.4) is 0 Å². The summed E-state index contributed by atoms with van der Waals surface area (Å²) in [5, 5.41) is 88.2. The average molecular weight is 1230 g/mol. The number of phosphoric acid groups is 1. The number of likely N-dealkylation sites (N-methyl/N-ethyl adjacent to an activating group) is 2. The van der Waals surface area contributed by atoms with E-state index in [2.05, 4.69) is 0 Å². The summed E-state index contributed by atoms with van der Waals surface area (Å²) in [6.07, 6.45) is -7.35. The van der Waals surface area contributed by atoms with E-state index in [1.54, 1.807) is 34.6 Å². The first-order chi connectivity index (χ1) is 39.2. The van der Waals surface area contributed by atoms with E-state index in [1.807, 2.05) is 39.8 Å². The van der Waals surface area contributed by atoms with Crippen molar-refractivity contribution in [3.8, 4) is 5.75 Å². The second kappa shape index (κ2) is 26.4. The van der Waals surface area contributed by atoms with Crippen molar-refractivity contribution in [3.63, 3.8) is 0 Å². The number of phenolic OH excluding ortho intramolecular Hbond substituents is 1. The molecule has 5 fully saturated rings. The van der Waals surface area contributed by atoms with Gasteiger partial charge in [0.2, 0.25) is 5.78 Å². The van der Waals surface area contributed by atoms with E-state index in [0.29, 0.717) is 6.42 Å². The zero-order chi connectivity index (χ0) is 64.2. The lowest BCUT2D eigenvalue weighted by Crippen LogP contribution is -2.67. The van der Waals surface area contributed by atoms with Gasteiger partial charge in [0, 0.05) is 54.7 Å². The van der Waals surface area contributed by atoms with Gasteiger partial charge in [-0.15, -0.1) is 0 Å². The SMILES string of the molecule is CN(C)[C@@H]1C(=O)C(C(N)=O)=C(O)[C@@]2(O)C(=O)C3=C(O)c4c(O)cccc4[C@@](C)(O)C3C[C@@H]12.COC1CC(O[C@H]2[C@H](C)[C@@H](OC3OC(C)CC(N(C)C)C3O)[C@@H](C)C[C@]3(CO3)C(=O)[C@H](C)[C@@H](O)[C@@H](C)[C@@H](C)OC(=O)[C@@H]2C)OC(C)C1O.O=P([O-])(O)O. The molecule has 23 atom stereocenters. The Kier molecular flexibility index (Phi) is 21.6. The Balaban J connectivity index is 0.000000269. The fraction of sp³-hybridized carbons (Fsp3) is 0.737. The number of cyclic esters (lactones) is 1. The van der Waals surface area contributed by atoms with Crippen LogP contribution in [0.25, 0.3) is 5.76 Å². The Labute approximate surface area is 493 Å². The maximum absolute atomic E-state index is 13.9. The van der Waals surface area contributed by atoms with Gasteiger partial charge in [0.15, 0.2) is 35.3 Å². The number of benzene rings is 1. The highest BCUT2D eigenvalue weighted by Gasteiger charge is 2.67. The number of aliphatic hydroxyl groups excluding tert-OH is 5. The number of epoxide rings is 1. The summed E-state index contributed by atoms with van der Waals surface area (Å²) in [6, 6.07) is 2.80. The van der Waals surface area contributed by atoms with E-state index < -0.39 is 179 Å². The van der Waals surface area contributed by atoms with Crippen molar-refractivity contribution in [2.75, 3.05) is 41.9 Å². The minimum absolute atomic E-state index is 0.170. The second-order valence-electron chi connectivity index (χ2n) is 24.8. The zero-order valence-corrected chi connectivity index (χ0v) is 51.3. The topological polar surface area (TPSA) is 428 Å². The van der Waals surface area contributed by atoms with Crippen LogP contribution < -0.4 is 10.6 Å². The van der Waals surface area contributed by atoms with Crippen LogP contribution in [0, 0.1) is 41.4 Å². The molecular weight excluding hydrogens is 1140 g/mol. The second-order valence-corrected chi connectivity index (χ2v) is 25.7. The third-order valence-corrected chi connectivity index (χ3v) is 18.4. The number of phenols is 1. The monoisotopic (exact) mass is 1230 g/mol. The molecule has 1 spiro atoms. The van der Waals surface area contributed by atoms with Crippen molar-refractivity contribution in [1.29, 1.82) is 0 Å². The summed E-state index contributed by atoms with van der Waals surface area (Å²) >= 11 is 0. The minimum Gasteiger partial charge on any atom is -0.756 e. The van der Waals surface area contributed by atoms with E-state index >= 15 is 0 Å². The molecule has 3 aliphatic carbocycles. The Bertz CT molecular complexity index is 2760. The summed E-state index contributed by atoms with van der Waals surface area (Å²) in [7, 11) is 3.44. The van der Waals surface area contributed by atoms with E-state index in [-0.39, 0.29) is 60.8 Å². The van der Waals surface area contributed by atoms with Crippen molar-refractivity contribution >= 4 is 42.8 Å². The van der Waals surface area contributed by atoms with Gasteiger partial charge in [-0.05, 0) is 99.6 Å². The fourth-order valence-corrected chi connectivity index (χ4v) is 13.4. The number of aromatic hydroxyl groups is 1. The molecule has 1 aromatic rings. The van der Waals surface area contributed by atoms with Gasteiger partial charge in [0.25, 0.3) is 13.7 Å². The molecule has 27 nitrogen and oxygen atoms in total. The number of ketones is 3. The summed E-state index contributed by atoms with van der Waals surface area (Å²) < 4.78 is 51.8. The number of ether oxygens (including phenoxy) is 7. The van der Waals surface area contributed by atoms with Crippen LogP contribution in [-0.4, -0.2) is 222 Å². The first-order valence-electron chi connectivity index (χ1n) is 28.4. The highest BCUT2D eigenvalue weighted by Crippen LogP contribution is 2.57. The molecule has 1 aromatic carbocycles. The number of hydrogen-bond donors (Lipinski definition) is 11. The number of hydrogen-bond acceptors (Lipinski definition) is 24. The maximum Gasteiger partial charge on any atom is 0.311 e. The summed E-state index contributed by atoms with van der Waals surface area (Å²) in [5.41, 5.74) is -1.64. The standard InChI is InChI=1S/C35H61NO12.C22H24N2O8.H3O4P/c1-16-14-35(15-43-35)32(40)19(4)27(37)18(3)22(7)46-33(41)21(6)31(47-26-13-25(42-11)28(38)23(8)45-26)20(5)30(16)48-34-29(39)24(36(9)10)12-17(2)44-34;1-21(31)8-5-4-6-11(25)12(8)16(26)13-9(21)7-10-15(24(2)3)17(27)14(20(23)30)19(29)22(10,32)18(13)28;1-5(2,3)4/h16-31,34,37-39H,12-15H2,1-11H3;4-6,9-10,15,25-26,29,31-32H,7H2,1-3H3,(H2,23,30);(H3,1,2,3,4)/p-1/t16-,17?,18-,19+,20+,21+,22+,23?,24?,25?,26?,27-,28?,29?,30-,31-,34?,35-;9?,10-,15-,21+,22-;/m00./s1. The molecule has 0 radical (unpaired) electrons. The van der Waals surface area contributed by atoms with Gasteiger partial charge in [0.05, 0.1) is 66.4 Å². The molecule has 9 unspecified atom stereocenters. The number of Topliss-reactive ketones (excluding diaryl/α,β-unsaturated/α-hetero) is 3. The molecule has 4 saturated heterocycles. The molecule has 4 aliphatic heterocycles. The first-order valence-corrected chi connectivity index (χ1v) is 29.9. The molecule has 0 aromatic heterocycles. The first kappa shape index (κ1) is 69.7. The quantitative estimate of drug-likeness (QED) is 0.0705. The number of carbonyl (C=O) groups excluding carboxylic acids is 5. The lowest BCUT2D eigenvalue weighted by atomic mass is 9.54. The third-order valence-electron chi connectivity index (χ3n) is 18.4. The van der Waals surface area contributed by atoms with Crippen molar-refractivity contribution in [1.82, 2.24) is 9.80 Å². The van der Waals surface area contributed by atoms with Crippen LogP contribution >= 0.6 is 7.82 Å². The Morgan fingerprint density at radius 1 is 0.812 bits per heavy atom. The van der Waals surface area contributed by atoms with Crippen molar-refractivity contribution in [2.45, 2.75) is 184 Å². The Morgan fingerprint density at radius 2 is 1.41 bits per heavy atom. The van der Waals surface area contributed by atoms with Gasteiger partial charge in [-0.1, -0.05) is 39.8 Å². The van der Waals surface area contributed by atoms with Gasteiger partial charge in [-0.25, -0.2) is 0 Å². The van der Waals surface area contributed by atoms with E-state index in [1.165, 1.54) is 51.2 Å². The van der Waals surface area contributed by atoms with Crippen molar-refractivity contribution < 1.29 is 117 Å². The van der Waals surface area contributed by atoms with Crippen LogP contribution in [0.2, 0.25) is 0 Å². The predicted molar refractivity (Wildman–Crippen MR) is 296 cm³/mol. The molecule has 0 bridgehead atoms. The number of methoxy groups -OCH3 is 1. The van der Waals surface area contributed by atoms with E-state index in [9.17, 15) is 64.8 Å². The molecule has 1 amide bonds. The number of carbonyl (C=O) groups is 5. The van der Waals surface area contributed by atoms with E-state index in [4.69, 9.17) is 58.1 Å². The summed E-state index contributed by atoms with van der Waals surface area (Å²) in [5.74, 6) is -11.6. The number of nitrogens with zero attached hydrogens (tertiary/aromatic N) is 2. The zero-order valence-electron chi connectivity index (χ0n) is 50.4. The Morgan fingerprint density at radius 3 is 1.95 bits per heavy atom. The molecule has 28 heteroatoms. The number of rotatable bonds is 8. The summed E-state index contributed by atoms with van der Waals surface area (Å²) in [4.78, 5) is 92.6. The molecule has 4 heterocycles. The van der Waals surface area contributed by atoms with Gasteiger partial charge >= 0.3 is 5.97 Å². The molecular formula is C57H87N3O24P-. The summed E-state index contributed by atoms with van der Waals surface area (Å²) in [6.45, 7) is 16.1. The van der Waals surface area contributed by atoms with E-state index in [0.717, 1.165) is 0 Å². The number of fused-ring (bicyclic) bond motifs is 3. The van der Waals surface area contributed by atoms with Crippen molar-refractivity contribution in [3.05, 3.63) is 46.2 Å². The van der Waals surface area contributed by atoms with Crippen molar-refractivity contribution in [2.24, 2.45) is 47.2 Å². The van der Waals surface area contributed by atoms with Gasteiger partial charge in [-0.3, -0.25) is 33.4 Å². The molecule has 7 aliphatic rings. The molecule has 8 rings (SSSR count). The normalized spacial score (nSPS) is 41.8. The highest BCUT2D eigenvalue weighted by molar-refractivity contribution is 7.43. The highest BCUT2D eigenvalue weighted by atomic mass is 31.2. The largest absolute Gasteiger partial charge is 0.756 e. The molecule has 85 heavy (non-hydrogen) atoms. The lowest BCUT2D eigenvalue weighted by molar-refractivity contribution is -0.299. The molecule has 1 saturated carbocycles. The maximum atomic E-state index is 13.9. The van der Waals surface area contributed by atoms with Crippen LogP contribution in [0.1, 0.15) is 99.1 Å². The number of esters is 1. The van der Waals surface area contributed by atoms with Gasteiger partial charge in [-0.2, -0.15) is 0 Å². The van der Waals surface area contributed by atoms with Crippen LogP contribution in [0.15, 0.2) is 35.1 Å². The number of amides is 1. The van der Waals surface area contributed by atoms with Crippen LogP contribution in [0.5, 0.6) is 5.75 Å². The smallest absolute Gasteiger partial charge is 0.311 e. The third kappa shape index (κ3) is 13.9. The molecule has 480 valence electrons. The average Bonchev–Trinajstić information content (AvgIpc) is 1.52. The van der Waals surface area contributed by atoms with Gasteiger partial charge < -0.3 is 99.3 Å². The predicted octanol–water partition coefficient (Wildman–Crippen LogP) is -0.0231. The fourth-order valence-electron chi connectivity index (χ4n) is 13.4.